The topological polar surface area (TPSA) is 29.3 Å². The van der Waals surface area contributed by atoms with Crippen molar-refractivity contribution in [3.8, 4) is 0 Å². The zero-order valence-corrected chi connectivity index (χ0v) is 12.3. The van der Waals surface area contributed by atoms with Gasteiger partial charge in [0, 0.05) is 18.6 Å². The number of likely N-dealkylation sites (tertiary alicyclic amines) is 1. The Balaban J connectivity index is 1.89. The highest BCUT2D eigenvalue weighted by Crippen LogP contribution is 2.29. The molecule has 3 rings (SSSR count). The second-order valence-corrected chi connectivity index (χ2v) is 5.91. The highest BCUT2D eigenvalue weighted by molar-refractivity contribution is 5.83. The molecule has 0 amide bonds. The summed E-state index contributed by atoms with van der Waals surface area (Å²) in [5, 5.41) is 2.65. The Morgan fingerprint density at radius 2 is 1.95 bits per heavy atom. The minimum atomic E-state index is 0.452. The fraction of sp³-hybridized carbons (Fsp3) is 0.444. The van der Waals surface area contributed by atoms with Crippen LogP contribution in [0.15, 0.2) is 42.5 Å². The van der Waals surface area contributed by atoms with Gasteiger partial charge in [-0.15, -0.1) is 0 Å². The van der Waals surface area contributed by atoms with E-state index in [0.717, 1.165) is 6.54 Å². The van der Waals surface area contributed by atoms with Gasteiger partial charge in [0.05, 0.1) is 0 Å². The van der Waals surface area contributed by atoms with Crippen molar-refractivity contribution in [2.24, 2.45) is 5.73 Å². The van der Waals surface area contributed by atoms with Gasteiger partial charge >= 0.3 is 0 Å². The van der Waals surface area contributed by atoms with Crippen LogP contribution in [0.5, 0.6) is 0 Å². The number of rotatable bonds is 3. The molecule has 2 atom stereocenters. The molecule has 0 radical (unpaired) electrons. The van der Waals surface area contributed by atoms with Crippen LogP contribution >= 0.6 is 0 Å². The number of piperidine rings is 1. The van der Waals surface area contributed by atoms with Crippen LogP contribution in [0.3, 0.4) is 0 Å². The van der Waals surface area contributed by atoms with Crippen molar-refractivity contribution in [2.45, 2.75) is 38.3 Å². The number of hydrogen-bond donors (Lipinski definition) is 1. The average Bonchev–Trinajstić information content (AvgIpc) is 2.53. The van der Waals surface area contributed by atoms with Crippen molar-refractivity contribution in [3.63, 3.8) is 0 Å². The molecule has 0 aliphatic carbocycles. The van der Waals surface area contributed by atoms with Crippen LogP contribution in [0.2, 0.25) is 0 Å². The zero-order chi connectivity index (χ0) is 13.9. The first-order chi connectivity index (χ1) is 9.79. The molecule has 1 fully saturated rings. The van der Waals surface area contributed by atoms with Gasteiger partial charge in [0.15, 0.2) is 0 Å². The quantitative estimate of drug-likeness (QED) is 0.919. The van der Waals surface area contributed by atoms with Crippen molar-refractivity contribution in [2.75, 3.05) is 13.1 Å². The van der Waals surface area contributed by atoms with E-state index in [9.17, 15) is 0 Å². The average molecular weight is 268 g/mol. The third-order valence-corrected chi connectivity index (χ3v) is 4.70. The molecule has 2 heteroatoms. The lowest BCUT2D eigenvalue weighted by Crippen LogP contribution is -2.45. The van der Waals surface area contributed by atoms with Gasteiger partial charge in [-0.05, 0) is 48.7 Å². The highest BCUT2D eigenvalue weighted by Gasteiger charge is 2.26. The minimum Gasteiger partial charge on any atom is -0.329 e. The normalized spacial score (nSPS) is 22.0. The summed E-state index contributed by atoms with van der Waals surface area (Å²) in [6.45, 7) is 4.27. The fourth-order valence-electron chi connectivity index (χ4n) is 3.44. The molecule has 20 heavy (non-hydrogen) atoms. The first kappa shape index (κ1) is 13.6. The molecule has 0 saturated carbocycles. The Morgan fingerprint density at radius 3 is 2.75 bits per heavy atom. The second-order valence-electron chi connectivity index (χ2n) is 5.91. The van der Waals surface area contributed by atoms with Crippen molar-refractivity contribution in [1.82, 2.24) is 4.90 Å². The molecule has 2 aromatic rings. The molecular formula is C18H24N2. The molecule has 2 N–H and O–H groups in total. The summed E-state index contributed by atoms with van der Waals surface area (Å²) in [5.41, 5.74) is 7.36. The lowest BCUT2D eigenvalue weighted by Gasteiger charge is -2.39. The van der Waals surface area contributed by atoms with Gasteiger partial charge < -0.3 is 5.73 Å². The Morgan fingerprint density at radius 1 is 1.15 bits per heavy atom. The summed E-state index contributed by atoms with van der Waals surface area (Å²) in [5.74, 6) is 0. The van der Waals surface area contributed by atoms with Gasteiger partial charge in [-0.1, -0.05) is 42.8 Å². The van der Waals surface area contributed by atoms with E-state index < -0.39 is 0 Å². The summed E-state index contributed by atoms with van der Waals surface area (Å²) in [4.78, 5) is 2.59. The van der Waals surface area contributed by atoms with Gasteiger partial charge in [-0.3, -0.25) is 4.90 Å². The maximum atomic E-state index is 5.96. The van der Waals surface area contributed by atoms with E-state index in [-0.39, 0.29) is 0 Å². The van der Waals surface area contributed by atoms with E-state index in [1.165, 1.54) is 42.1 Å². The highest BCUT2D eigenvalue weighted by atomic mass is 15.2. The van der Waals surface area contributed by atoms with Gasteiger partial charge in [-0.2, -0.15) is 0 Å². The number of nitrogens with zero attached hydrogens (tertiary/aromatic N) is 1. The second kappa shape index (κ2) is 5.94. The van der Waals surface area contributed by atoms with Crippen LogP contribution in [0, 0.1) is 0 Å². The molecule has 0 aromatic heterocycles. The summed E-state index contributed by atoms with van der Waals surface area (Å²) < 4.78 is 0. The predicted octanol–water partition coefficient (Wildman–Crippen LogP) is 3.71. The van der Waals surface area contributed by atoms with Gasteiger partial charge in [0.2, 0.25) is 0 Å². The van der Waals surface area contributed by atoms with Crippen LogP contribution in [0.1, 0.15) is 37.8 Å². The number of nitrogens with two attached hydrogens (primary N) is 1. The number of benzene rings is 2. The molecule has 0 spiro atoms. The molecule has 2 unspecified atom stereocenters. The third-order valence-electron chi connectivity index (χ3n) is 4.70. The van der Waals surface area contributed by atoms with Crippen LogP contribution in [-0.2, 0) is 0 Å². The predicted molar refractivity (Wildman–Crippen MR) is 85.8 cm³/mol. The van der Waals surface area contributed by atoms with Crippen LogP contribution in [-0.4, -0.2) is 24.0 Å². The zero-order valence-electron chi connectivity index (χ0n) is 12.3. The Hall–Kier alpha value is -1.38. The third kappa shape index (κ3) is 2.58. The molecule has 106 valence electrons. The molecular weight excluding hydrogens is 244 g/mol. The van der Waals surface area contributed by atoms with Gasteiger partial charge in [0.25, 0.3) is 0 Å². The van der Waals surface area contributed by atoms with Crippen LogP contribution < -0.4 is 5.73 Å². The van der Waals surface area contributed by atoms with Crippen LogP contribution in [0.25, 0.3) is 10.8 Å². The molecule has 2 nitrogen and oxygen atoms in total. The fourth-order valence-corrected chi connectivity index (χ4v) is 3.44. The van der Waals surface area contributed by atoms with E-state index in [1.54, 1.807) is 0 Å². The summed E-state index contributed by atoms with van der Waals surface area (Å²) in [7, 11) is 0. The smallest absolute Gasteiger partial charge is 0.0323 e. The van der Waals surface area contributed by atoms with Crippen molar-refractivity contribution >= 4 is 10.8 Å². The lowest BCUT2D eigenvalue weighted by atomic mass is 9.96. The first-order valence-corrected chi connectivity index (χ1v) is 7.74. The van der Waals surface area contributed by atoms with Crippen molar-refractivity contribution in [1.29, 1.82) is 0 Å². The number of hydrogen-bond acceptors (Lipinski definition) is 2. The monoisotopic (exact) mass is 268 g/mol. The SMILES string of the molecule is CC(c1ccc2ccccc2c1)N1CCCCC1CN. The van der Waals surface area contributed by atoms with E-state index in [4.69, 9.17) is 5.73 Å². The molecule has 2 aromatic carbocycles. The van der Waals surface area contributed by atoms with Gasteiger partial charge in [-0.25, -0.2) is 0 Å². The summed E-state index contributed by atoms with van der Waals surface area (Å²) in [6.07, 6.45) is 3.87. The maximum absolute atomic E-state index is 5.96. The van der Waals surface area contributed by atoms with E-state index >= 15 is 0 Å². The van der Waals surface area contributed by atoms with Crippen molar-refractivity contribution in [3.05, 3.63) is 48.0 Å². The maximum Gasteiger partial charge on any atom is 0.0323 e. The first-order valence-electron chi connectivity index (χ1n) is 7.74. The summed E-state index contributed by atoms with van der Waals surface area (Å²) in [6, 6.07) is 16.4. The molecule has 1 heterocycles. The standard InChI is InChI=1S/C18H24N2/c1-14(20-11-5-4-8-18(20)13-19)16-10-9-15-6-2-3-7-17(15)12-16/h2-3,6-7,9-10,12,14,18H,4-5,8,11,13,19H2,1H3. The van der Waals surface area contributed by atoms with E-state index in [0.29, 0.717) is 12.1 Å². The number of fused-ring (bicyclic) bond motifs is 1. The molecule has 0 bridgehead atoms. The minimum absolute atomic E-state index is 0.452. The largest absolute Gasteiger partial charge is 0.329 e. The molecule has 1 aliphatic rings. The van der Waals surface area contributed by atoms with Crippen LogP contribution in [0.4, 0.5) is 0 Å². The Labute approximate surface area is 121 Å². The Bertz CT molecular complexity index is 578. The lowest BCUT2D eigenvalue weighted by molar-refractivity contribution is 0.108. The van der Waals surface area contributed by atoms with E-state index in [2.05, 4.69) is 54.3 Å². The van der Waals surface area contributed by atoms with E-state index in [1.807, 2.05) is 0 Å². The molecule has 1 aliphatic heterocycles. The van der Waals surface area contributed by atoms with Gasteiger partial charge in [0.1, 0.15) is 0 Å². The Kier molecular flexibility index (Phi) is 4.04. The summed E-state index contributed by atoms with van der Waals surface area (Å²) >= 11 is 0. The molecule has 1 saturated heterocycles. The van der Waals surface area contributed by atoms with Crippen molar-refractivity contribution < 1.29 is 0 Å².